The Bertz CT molecular complexity index is 1030. The van der Waals surface area contributed by atoms with E-state index in [2.05, 4.69) is 0 Å². The molecule has 170 valence electrons. The van der Waals surface area contributed by atoms with Gasteiger partial charge in [0.1, 0.15) is 6.04 Å². The maximum Gasteiger partial charge on any atom is 0.180 e. The summed E-state index contributed by atoms with van der Waals surface area (Å²) in [6, 6.07) is -1.52. The molecule has 12 nitrogen and oxygen atoms in total. The number of carbonyl (C=O) groups is 2. The van der Waals surface area contributed by atoms with Gasteiger partial charge < -0.3 is 57.3 Å². The van der Waals surface area contributed by atoms with Crippen LogP contribution in [0.3, 0.4) is 0 Å². The monoisotopic (exact) mass is 440 g/mol. The maximum atomic E-state index is 12.4. The second-order valence-electron chi connectivity index (χ2n) is 7.12. The first-order chi connectivity index (χ1) is 14.8. The zero-order chi connectivity index (χ0) is 24.5. The average Bonchev–Trinajstić information content (AvgIpc) is 2.77. The fourth-order valence-corrected chi connectivity index (χ4v) is 2.89. The summed E-state index contributed by atoms with van der Waals surface area (Å²) in [5.41, 5.74) is 60.5. The number of hydrogen-bond donors (Lipinski definition) is 10. The van der Waals surface area contributed by atoms with Crippen molar-refractivity contribution in [2.45, 2.75) is 13.0 Å². The van der Waals surface area contributed by atoms with E-state index in [1.54, 1.807) is 6.92 Å². The molecule has 0 saturated carbocycles. The lowest BCUT2D eigenvalue weighted by molar-refractivity contribution is -0.123. The number of hydrogen-bond acceptors (Lipinski definition) is 12. The molecule has 1 unspecified atom stereocenters. The number of nitrogens with two attached hydrogens (primary N) is 10. The Kier molecular flexibility index (Phi) is 6.41. The highest BCUT2D eigenvalue weighted by Gasteiger charge is 2.20. The SMILES string of the molecule is Cc1c(N)c(N)c(/C=C/C(=O)C(N)C(=O)/C=C/c2c(N)c(N)c(N)c(N)c2N)c(N)c1N. The van der Waals surface area contributed by atoms with Crippen LogP contribution in [-0.2, 0) is 9.59 Å². The summed E-state index contributed by atoms with van der Waals surface area (Å²) in [7, 11) is 0. The molecule has 20 N–H and O–H groups in total. The molecule has 12 heteroatoms. The van der Waals surface area contributed by atoms with Crippen molar-refractivity contribution in [2.75, 3.05) is 51.6 Å². The molecule has 0 aliphatic heterocycles. The van der Waals surface area contributed by atoms with Gasteiger partial charge in [-0.2, -0.15) is 0 Å². The van der Waals surface area contributed by atoms with E-state index in [9.17, 15) is 9.59 Å². The third-order valence-electron chi connectivity index (χ3n) is 5.15. The Labute approximate surface area is 184 Å². The quantitative estimate of drug-likeness (QED) is 0.153. The van der Waals surface area contributed by atoms with Crippen molar-refractivity contribution in [3.05, 3.63) is 28.8 Å². The Morgan fingerprint density at radius 2 is 0.844 bits per heavy atom. The Balaban J connectivity index is 2.28. The molecule has 0 aliphatic carbocycles. The molecule has 0 aliphatic rings. The van der Waals surface area contributed by atoms with Gasteiger partial charge in [-0.25, -0.2) is 0 Å². The summed E-state index contributed by atoms with van der Waals surface area (Å²) in [4.78, 5) is 24.8. The Hall–Kier alpha value is -4.58. The summed E-state index contributed by atoms with van der Waals surface area (Å²) in [5.74, 6) is -1.44. The highest BCUT2D eigenvalue weighted by atomic mass is 16.2. The van der Waals surface area contributed by atoms with Crippen LogP contribution in [0.25, 0.3) is 12.2 Å². The van der Waals surface area contributed by atoms with E-state index in [1.165, 1.54) is 12.2 Å². The largest absolute Gasteiger partial charge is 0.397 e. The molecule has 1 atom stereocenters. The second kappa shape index (κ2) is 8.65. The van der Waals surface area contributed by atoms with Gasteiger partial charge in [-0.05, 0) is 36.8 Å². The minimum Gasteiger partial charge on any atom is -0.397 e. The molecule has 0 amide bonds. The van der Waals surface area contributed by atoms with Crippen molar-refractivity contribution < 1.29 is 9.59 Å². The van der Waals surface area contributed by atoms with Crippen molar-refractivity contribution in [1.29, 1.82) is 0 Å². The zero-order valence-electron chi connectivity index (χ0n) is 17.5. The molecule has 2 rings (SSSR count). The van der Waals surface area contributed by atoms with Crippen LogP contribution < -0.4 is 57.3 Å². The number of ketones is 2. The minimum absolute atomic E-state index is 0.0268. The lowest BCUT2D eigenvalue weighted by Gasteiger charge is -2.15. The van der Waals surface area contributed by atoms with Crippen LogP contribution >= 0.6 is 0 Å². The van der Waals surface area contributed by atoms with E-state index < -0.39 is 17.6 Å². The highest BCUT2D eigenvalue weighted by Crippen LogP contribution is 2.39. The van der Waals surface area contributed by atoms with Crippen LogP contribution in [0, 0.1) is 6.92 Å². The fourth-order valence-electron chi connectivity index (χ4n) is 2.89. The summed E-state index contributed by atoms with van der Waals surface area (Å²) in [6.45, 7) is 1.67. The van der Waals surface area contributed by atoms with Crippen LogP contribution in [-0.4, -0.2) is 17.6 Å². The van der Waals surface area contributed by atoms with Gasteiger partial charge in [-0.1, -0.05) is 0 Å². The van der Waals surface area contributed by atoms with Gasteiger partial charge in [0.05, 0.1) is 51.2 Å². The summed E-state index contributed by atoms with van der Waals surface area (Å²) in [6.07, 6.45) is 4.66. The first-order valence-corrected chi connectivity index (χ1v) is 9.24. The molecule has 2 aromatic carbocycles. The van der Waals surface area contributed by atoms with Crippen LogP contribution in [0.5, 0.6) is 0 Å². The van der Waals surface area contributed by atoms with Crippen molar-refractivity contribution in [1.82, 2.24) is 0 Å². The first kappa shape index (κ1) is 23.7. The van der Waals surface area contributed by atoms with Gasteiger partial charge in [0.2, 0.25) is 0 Å². The Morgan fingerprint density at radius 3 is 1.19 bits per heavy atom. The highest BCUT2D eigenvalue weighted by molar-refractivity contribution is 6.17. The molecule has 2 aromatic rings. The zero-order valence-corrected chi connectivity index (χ0v) is 17.5. The van der Waals surface area contributed by atoms with Gasteiger partial charge >= 0.3 is 0 Å². The third-order valence-corrected chi connectivity index (χ3v) is 5.15. The standard InChI is InChI=1S/C20H28N10O2/c1-6-11(21)13(23)7(14(24)12(6)22)2-4-9(31)17(27)10(32)5-3-8-15(25)18(28)20(30)19(29)16(8)26/h2-5,17H,21-30H2,1H3/b4-2+,5-3+. The van der Waals surface area contributed by atoms with Gasteiger partial charge in [0.25, 0.3) is 0 Å². The maximum absolute atomic E-state index is 12.4. The minimum atomic E-state index is -1.52. The van der Waals surface area contributed by atoms with Crippen molar-refractivity contribution in [3.63, 3.8) is 0 Å². The van der Waals surface area contributed by atoms with Crippen LogP contribution in [0.1, 0.15) is 16.7 Å². The molecule has 0 saturated heterocycles. The normalized spacial score (nSPS) is 12.4. The van der Waals surface area contributed by atoms with E-state index in [4.69, 9.17) is 57.3 Å². The van der Waals surface area contributed by atoms with Crippen molar-refractivity contribution in [3.8, 4) is 0 Å². The molecule has 0 fully saturated rings. The predicted molar refractivity (Wildman–Crippen MR) is 133 cm³/mol. The van der Waals surface area contributed by atoms with E-state index >= 15 is 0 Å². The molecule has 32 heavy (non-hydrogen) atoms. The molecular formula is C20H28N10O2. The lowest BCUT2D eigenvalue weighted by Crippen LogP contribution is -2.36. The lowest BCUT2D eigenvalue weighted by atomic mass is 10.00. The van der Waals surface area contributed by atoms with Crippen molar-refractivity contribution >= 4 is 74.9 Å². The number of rotatable bonds is 6. The molecular weight excluding hydrogens is 412 g/mol. The number of anilines is 9. The fraction of sp³-hybridized carbons (Fsp3) is 0.100. The van der Waals surface area contributed by atoms with Crippen LogP contribution in [0.2, 0.25) is 0 Å². The van der Waals surface area contributed by atoms with Gasteiger partial charge in [-0.15, -0.1) is 0 Å². The van der Waals surface area contributed by atoms with Crippen LogP contribution in [0.15, 0.2) is 12.2 Å². The van der Waals surface area contributed by atoms with Gasteiger partial charge in [-0.3, -0.25) is 9.59 Å². The summed E-state index contributed by atoms with van der Waals surface area (Å²) in [5, 5.41) is 0. The summed E-state index contributed by atoms with van der Waals surface area (Å²) < 4.78 is 0. The van der Waals surface area contributed by atoms with Gasteiger partial charge in [0, 0.05) is 11.1 Å². The number of nitrogen functional groups attached to an aromatic ring is 9. The topological polar surface area (TPSA) is 294 Å². The Morgan fingerprint density at radius 1 is 0.562 bits per heavy atom. The van der Waals surface area contributed by atoms with E-state index in [0.717, 1.165) is 12.2 Å². The molecule has 0 heterocycles. The van der Waals surface area contributed by atoms with Crippen molar-refractivity contribution in [2.24, 2.45) is 5.73 Å². The number of benzene rings is 2. The number of carbonyl (C=O) groups excluding carboxylic acids is 2. The first-order valence-electron chi connectivity index (χ1n) is 9.24. The smallest absolute Gasteiger partial charge is 0.180 e. The molecule has 0 bridgehead atoms. The van der Waals surface area contributed by atoms with E-state index in [1.807, 2.05) is 0 Å². The van der Waals surface area contributed by atoms with Crippen LogP contribution in [0.4, 0.5) is 51.2 Å². The van der Waals surface area contributed by atoms with Gasteiger partial charge in [0.15, 0.2) is 11.6 Å². The van der Waals surface area contributed by atoms with E-state index in [-0.39, 0.29) is 62.3 Å². The summed E-state index contributed by atoms with van der Waals surface area (Å²) >= 11 is 0. The average molecular weight is 441 g/mol. The second-order valence-corrected chi connectivity index (χ2v) is 7.12. The van der Waals surface area contributed by atoms with E-state index in [0.29, 0.717) is 5.56 Å². The molecule has 0 radical (unpaired) electrons. The predicted octanol–water partition coefficient (Wildman–Crippen LogP) is -0.573. The third kappa shape index (κ3) is 4.02. The molecule has 0 spiro atoms. The molecule has 0 aromatic heterocycles.